The molecular formula is C20H24IN3O. The average molecular weight is 449 g/mol. The molecule has 1 aliphatic carbocycles. The molecule has 2 aromatic rings. The largest absolute Gasteiger partial charge is 0.397 e. The molecule has 1 aliphatic heterocycles. The molecule has 4 rings (SSSR count). The molecule has 132 valence electrons. The van der Waals surface area contributed by atoms with Crippen molar-refractivity contribution in [3.05, 3.63) is 57.2 Å². The summed E-state index contributed by atoms with van der Waals surface area (Å²) in [5, 5.41) is 10.7. The number of nitrogen functional groups attached to an aromatic ring is 1. The SMILES string of the molecule is Nc1ccccc1N1CCN(C2Cc3c(I)cccc3CC2O)CC1. The molecule has 3 N–H and O–H groups in total. The number of anilines is 2. The number of halogens is 1. The molecule has 5 heteroatoms. The van der Waals surface area contributed by atoms with E-state index < -0.39 is 0 Å². The molecule has 2 atom stereocenters. The minimum Gasteiger partial charge on any atom is -0.397 e. The van der Waals surface area contributed by atoms with Crippen molar-refractivity contribution in [3.8, 4) is 0 Å². The molecule has 0 radical (unpaired) electrons. The minimum atomic E-state index is -0.279. The first-order valence-electron chi connectivity index (χ1n) is 8.91. The highest BCUT2D eigenvalue weighted by Gasteiger charge is 2.34. The normalized spacial score (nSPS) is 24.2. The molecule has 25 heavy (non-hydrogen) atoms. The highest BCUT2D eigenvalue weighted by Crippen LogP contribution is 2.30. The fourth-order valence-electron chi connectivity index (χ4n) is 4.17. The maximum atomic E-state index is 10.7. The first-order valence-corrected chi connectivity index (χ1v) is 9.99. The van der Waals surface area contributed by atoms with Gasteiger partial charge in [-0.1, -0.05) is 24.3 Å². The number of benzene rings is 2. The van der Waals surface area contributed by atoms with E-state index in [0.29, 0.717) is 0 Å². The van der Waals surface area contributed by atoms with Crippen LogP contribution in [0.1, 0.15) is 11.1 Å². The van der Waals surface area contributed by atoms with Gasteiger partial charge in [0, 0.05) is 42.2 Å². The number of nitrogens with two attached hydrogens (primary N) is 1. The van der Waals surface area contributed by atoms with E-state index in [9.17, 15) is 5.11 Å². The van der Waals surface area contributed by atoms with Crippen LogP contribution in [-0.4, -0.2) is 48.3 Å². The number of hydrogen-bond donors (Lipinski definition) is 2. The van der Waals surface area contributed by atoms with Gasteiger partial charge < -0.3 is 15.7 Å². The Morgan fingerprint density at radius 3 is 2.48 bits per heavy atom. The topological polar surface area (TPSA) is 52.7 Å². The Labute approximate surface area is 162 Å². The lowest BCUT2D eigenvalue weighted by Gasteiger charge is -2.44. The molecule has 0 amide bonds. The van der Waals surface area contributed by atoms with Gasteiger partial charge in [0.25, 0.3) is 0 Å². The lowest BCUT2D eigenvalue weighted by molar-refractivity contribution is 0.0394. The van der Waals surface area contributed by atoms with E-state index in [2.05, 4.69) is 56.7 Å². The van der Waals surface area contributed by atoms with Crippen molar-refractivity contribution in [1.29, 1.82) is 0 Å². The van der Waals surface area contributed by atoms with Crippen molar-refractivity contribution >= 4 is 34.0 Å². The van der Waals surface area contributed by atoms with Crippen LogP contribution < -0.4 is 10.6 Å². The molecule has 0 aromatic heterocycles. The molecule has 2 aliphatic rings. The minimum absolute atomic E-state index is 0.221. The standard InChI is InChI=1S/C20H24IN3O/c21-16-5-3-4-14-12-20(25)19(13-15(14)16)24-10-8-23(9-11-24)18-7-2-1-6-17(18)22/h1-7,19-20,25H,8-13,22H2. The summed E-state index contributed by atoms with van der Waals surface area (Å²) in [7, 11) is 0. The molecule has 1 saturated heterocycles. The zero-order valence-corrected chi connectivity index (χ0v) is 16.4. The third-order valence-corrected chi connectivity index (χ3v) is 6.57. The first-order chi connectivity index (χ1) is 12.1. The first kappa shape index (κ1) is 17.1. The number of rotatable bonds is 2. The molecule has 1 fully saturated rings. The van der Waals surface area contributed by atoms with Gasteiger partial charge in [-0.05, 0) is 58.3 Å². The number of hydrogen-bond acceptors (Lipinski definition) is 4. The highest BCUT2D eigenvalue weighted by atomic mass is 127. The van der Waals surface area contributed by atoms with E-state index >= 15 is 0 Å². The molecule has 2 aromatic carbocycles. The molecule has 4 nitrogen and oxygen atoms in total. The molecular weight excluding hydrogens is 425 g/mol. The summed E-state index contributed by atoms with van der Waals surface area (Å²) in [5.74, 6) is 0. The summed E-state index contributed by atoms with van der Waals surface area (Å²) in [4.78, 5) is 4.82. The summed E-state index contributed by atoms with van der Waals surface area (Å²) in [6.07, 6.45) is 1.44. The Kier molecular flexibility index (Phi) is 4.88. The fourth-order valence-corrected chi connectivity index (χ4v) is 4.95. The third kappa shape index (κ3) is 3.37. The number of piperazine rings is 1. The number of aliphatic hydroxyl groups excluding tert-OH is 1. The van der Waals surface area contributed by atoms with Gasteiger partial charge in [-0.25, -0.2) is 0 Å². The van der Waals surface area contributed by atoms with Crippen molar-refractivity contribution in [2.24, 2.45) is 0 Å². The number of nitrogens with zero attached hydrogens (tertiary/aromatic N) is 2. The van der Waals surface area contributed by atoms with E-state index in [0.717, 1.165) is 50.4 Å². The van der Waals surface area contributed by atoms with E-state index in [4.69, 9.17) is 5.73 Å². The van der Waals surface area contributed by atoms with E-state index in [1.165, 1.54) is 14.7 Å². The Morgan fingerprint density at radius 1 is 0.960 bits per heavy atom. The molecule has 1 heterocycles. The van der Waals surface area contributed by atoms with E-state index in [1.54, 1.807) is 0 Å². The van der Waals surface area contributed by atoms with Gasteiger partial charge in [0.05, 0.1) is 17.5 Å². The van der Waals surface area contributed by atoms with Crippen LogP contribution in [0.5, 0.6) is 0 Å². The Balaban J connectivity index is 1.46. The number of para-hydroxylation sites is 2. The van der Waals surface area contributed by atoms with Crippen molar-refractivity contribution < 1.29 is 5.11 Å². The second-order valence-corrected chi connectivity index (χ2v) is 8.16. The molecule has 0 spiro atoms. The van der Waals surface area contributed by atoms with Crippen LogP contribution in [-0.2, 0) is 12.8 Å². The van der Waals surface area contributed by atoms with Crippen LogP contribution in [0.25, 0.3) is 0 Å². The molecule has 2 unspecified atom stereocenters. The Bertz CT molecular complexity index is 758. The van der Waals surface area contributed by atoms with E-state index in [1.807, 2.05) is 18.2 Å². The molecule has 0 bridgehead atoms. The van der Waals surface area contributed by atoms with Crippen molar-refractivity contribution in [3.63, 3.8) is 0 Å². The van der Waals surface area contributed by atoms with Gasteiger partial charge in [-0.2, -0.15) is 0 Å². The Morgan fingerprint density at radius 2 is 1.72 bits per heavy atom. The second-order valence-electron chi connectivity index (χ2n) is 7.00. The summed E-state index contributed by atoms with van der Waals surface area (Å²) in [6, 6.07) is 14.7. The van der Waals surface area contributed by atoms with Crippen LogP contribution in [0.2, 0.25) is 0 Å². The van der Waals surface area contributed by atoms with E-state index in [-0.39, 0.29) is 12.1 Å². The quantitative estimate of drug-likeness (QED) is 0.547. The maximum Gasteiger partial charge on any atom is 0.0739 e. The van der Waals surface area contributed by atoms with Gasteiger partial charge in [-0.15, -0.1) is 0 Å². The van der Waals surface area contributed by atoms with Crippen LogP contribution >= 0.6 is 22.6 Å². The summed E-state index contributed by atoms with van der Waals surface area (Å²) in [5.41, 5.74) is 10.8. The predicted molar refractivity (Wildman–Crippen MR) is 111 cm³/mol. The highest BCUT2D eigenvalue weighted by molar-refractivity contribution is 14.1. The van der Waals surface area contributed by atoms with Gasteiger partial charge in [-0.3, -0.25) is 4.90 Å². The maximum absolute atomic E-state index is 10.7. The monoisotopic (exact) mass is 449 g/mol. The van der Waals surface area contributed by atoms with Crippen molar-refractivity contribution in [1.82, 2.24) is 4.90 Å². The third-order valence-electron chi connectivity index (χ3n) is 5.56. The number of fused-ring (bicyclic) bond motifs is 1. The van der Waals surface area contributed by atoms with Gasteiger partial charge in [0.15, 0.2) is 0 Å². The summed E-state index contributed by atoms with van der Waals surface area (Å²) >= 11 is 2.42. The summed E-state index contributed by atoms with van der Waals surface area (Å²) < 4.78 is 1.32. The van der Waals surface area contributed by atoms with Gasteiger partial charge in [0.2, 0.25) is 0 Å². The predicted octanol–water partition coefficient (Wildman–Crippen LogP) is 2.52. The van der Waals surface area contributed by atoms with Gasteiger partial charge >= 0.3 is 0 Å². The van der Waals surface area contributed by atoms with Crippen LogP contribution in [0, 0.1) is 3.57 Å². The number of aliphatic hydroxyl groups is 1. The lowest BCUT2D eigenvalue weighted by atomic mass is 9.85. The zero-order chi connectivity index (χ0) is 17.4. The second kappa shape index (κ2) is 7.13. The van der Waals surface area contributed by atoms with Crippen molar-refractivity contribution in [2.45, 2.75) is 25.0 Å². The van der Waals surface area contributed by atoms with Crippen LogP contribution in [0.15, 0.2) is 42.5 Å². The Hall–Kier alpha value is -1.31. The van der Waals surface area contributed by atoms with Crippen LogP contribution in [0.3, 0.4) is 0 Å². The van der Waals surface area contributed by atoms with Gasteiger partial charge in [0.1, 0.15) is 0 Å². The molecule has 0 saturated carbocycles. The average Bonchev–Trinajstić information content (AvgIpc) is 2.62. The smallest absolute Gasteiger partial charge is 0.0739 e. The van der Waals surface area contributed by atoms with Crippen molar-refractivity contribution in [2.75, 3.05) is 36.8 Å². The fraction of sp³-hybridized carbons (Fsp3) is 0.400. The zero-order valence-electron chi connectivity index (χ0n) is 14.2. The summed E-state index contributed by atoms with van der Waals surface area (Å²) in [6.45, 7) is 3.84. The van der Waals surface area contributed by atoms with Crippen LogP contribution in [0.4, 0.5) is 11.4 Å². The lowest BCUT2D eigenvalue weighted by Crippen LogP contribution is -2.56.